The van der Waals surface area contributed by atoms with Crippen molar-refractivity contribution in [1.29, 1.82) is 0 Å². The molecule has 1 aromatic rings. The molecule has 0 radical (unpaired) electrons. The van der Waals surface area contributed by atoms with E-state index < -0.39 is 65.4 Å². The zero-order chi connectivity index (χ0) is 72.7. The van der Waals surface area contributed by atoms with Crippen LogP contribution in [0.15, 0.2) is 24.3 Å². The molecule has 27 nitrogen and oxygen atoms in total. The first-order valence-corrected chi connectivity index (χ1v) is 34.4. The quantitative estimate of drug-likeness (QED) is 0.0216. The molecule has 27 heteroatoms. The predicted octanol–water partition coefficient (Wildman–Crippen LogP) is 8.33. The Balaban J connectivity index is -0.00000125. The summed E-state index contributed by atoms with van der Waals surface area (Å²) in [6.45, 7) is 14.9. The number of carboxylic acid groups (broad SMARTS) is 4. The first-order chi connectivity index (χ1) is 45.9. The molecule has 4 atom stereocenters. The number of hydrogen-bond acceptors (Lipinski definition) is 18. The SMILES string of the molecule is CCC(=O)CCCOCCOCC(=O)N[C@@H](CC)C(N)=O.CCCNc1ccc(C(=O)NCC)cc1.CCCOCCOCC(=O)C[C@@H](CCC(=O)N[C@@H](CC)C(=O)O)C(=O)O.CNC(=O)CC[C@H](CC(=O)CCCCCCCCCCCCCCCCC(=O)C(=O)O)C(=O)O. The summed E-state index contributed by atoms with van der Waals surface area (Å²) in [6, 6.07) is 5.87. The summed E-state index contributed by atoms with van der Waals surface area (Å²) in [5.41, 5.74) is 6.88. The normalized spacial score (nSPS) is 11.8. The van der Waals surface area contributed by atoms with Crippen LogP contribution in [0.25, 0.3) is 0 Å². The van der Waals surface area contributed by atoms with Crippen molar-refractivity contribution < 1.29 is 102 Å². The van der Waals surface area contributed by atoms with Crippen LogP contribution >= 0.6 is 0 Å². The summed E-state index contributed by atoms with van der Waals surface area (Å²) in [4.78, 5) is 146. The number of Topliss-reactive ketones (excluding diaryl/α,β-unsaturated/α-hetero) is 4. The molecular weight excluding hydrogens is 1250 g/mol. The summed E-state index contributed by atoms with van der Waals surface area (Å²) in [7, 11) is 1.51. The van der Waals surface area contributed by atoms with E-state index in [2.05, 4.69) is 33.5 Å². The van der Waals surface area contributed by atoms with Gasteiger partial charge in [-0.05, 0) is 89.0 Å². The van der Waals surface area contributed by atoms with Gasteiger partial charge in [0.1, 0.15) is 36.9 Å². The molecule has 0 heterocycles. The van der Waals surface area contributed by atoms with E-state index in [1.54, 1.807) is 13.8 Å². The van der Waals surface area contributed by atoms with E-state index in [9.17, 15) is 72.5 Å². The molecule has 1 rings (SSSR count). The fourth-order valence-corrected chi connectivity index (χ4v) is 8.88. The maximum Gasteiger partial charge on any atom is 0.372 e. The smallest absolute Gasteiger partial charge is 0.372 e. The molecule has 0 unspecified atom stereocenters. The number of anilines is 1. The van der Waals surface area contributed by atoms with Crippen molar-refractivity contribution in [3.05, 3.63) is 29.8 Å². The Bertz CT molecular complexity index is 2360. The number of aliphatic carboxylic acids is 4. The van der Waals surface area contributed by atoms with Crippen molar-refractivity contribution in [1.82, 2.24) is 21.3 Å². The number of unbranched alkanes of at least 4 members (excludes halogenated alkanes) is 13. The Hall–Kier alpha value is -7.23. The van der Waals surface area contributed by atoms with Crippen molar-refractivity contribution in [2.45, 2.75) is 240 Å². The van der Waals surface area contributed by atoms with Gasteiger partial charge in [-0.1, -0.05) is 112 Å². The largest absolute Gasteiger partial charge is 0.481 e. The minimum atomic E-state index is -1.33. The lowest BCUT2D eigenvalue weighted by molar-refractivity contribution is -0.149. The molecule has 0 aromatic heterocycles. The van der Waals surface area contributed by atoms with E-state index in [1.165, 1.54) is 45.6 Å². The summed E-state index contributed by atoms with van der Waals surface area (Å²) in [6.07, 6.45) is 20.0. The average Bonchev–Trinajstić information content (AvgIpc) is 3.30. The van der Waals surface area contributed by atoms with Crippen LogP contribution in [0.3, 0.4) is 0 Å². The first-order valence-electron chi connectivity index (χ1n) is 34.4. The molecule has 0 saturated heterocycles. The fourth-order valence-electron chi connectivity index (χ4n) is 8.88. The molecule has 0 spiro atoms. The van der Waals surface area contributed by atoms with Crippen LogP contribution in [0.5, 0.6) is 0 Å². The summed E-state index contributed by atoms with van der Waals surface area (Å²) < 4.78 is 20.7. The molecule has 0 aliphatic carbocycles. The van der Waals surface area contributed by atoms with Crippen molar-refractivity contribution >= 4 is 82.2 Å². The third kappa shape index (κ3) is 57.1. The molecule has 0 bridgehead atoms. The van der Waals surface area contributed by atoms with E-state index in [1.807, 2.05) is 45.0 Å². The third-order valence-electron chi connectivity index (χ3n) is 14.6. The monoisotopic (exact) mass is 1370 g/mol. The maximum atomic E-state index is 12.1. The van der Waals surface area contributed by atoms with Crippen molar-refractivity contribution in [3.8, 4) is 0 Å². The fraction of sp³-hybridized carbons (Fsp3) is 0.725. The van der Waals surface area contributed by atoms with Crippen molar-refractivity contribution in [3.63, 3.8) is 0 Å². The number of carboxylic acids is 4. The highest BCUT2D eigenvalue weighted by Crippen LogP contribution is 2.18. The highest BCUT2D eigenvalue weighted by atomic mass is 16.5. The Morgan fingerprint density at radius 3 is 1.36 bits per heavy atom. The zero-order valence-corrected chi connectivity index (χ0v) is 58.5. The summed E-state index contributed by atoms with van der Waals surface area (Å²) in [5, 5.41) is 49.1. The van der Waals surface area contributed by atoms with Gasteiger partial charge in [-0.2, -0.15) is 0 Å². The Morgan fingerprint density at radius 2 is 0.917 bits per heavy atom. The second kappa shape index (κ2) is 63.8. The number of benzene rings is 1. The predicted molar refractivity (Wildman–Crippen MR) is 363 cm³/mol. The number of amides is 5. The standard InChI is InChI=1S/C26H45NO7.C17H29NO8.C14H26N2O5.C12H18N2O/c1-27-24(30)19-18-21(25(31)32)20-22(28)16-14-12-10-8-6-4-2-3-5-7-9-11-13-15-17-23(29)26(33)34;1-3-7-25-8-9-26-11-13(19)10-12(16(21)22)5-6-15(20)18-14(4-2)17(23)24;1-3-11(17)6-5-7-20-8-9-21-10-13(18)16-12(4-2)14(15)19;1-3-9-14-11-7-5-10(6-8-11)12(15)13-4-2/h21H,2-20H2,1H3,(H,27,30)(H,31,32)(H,33,34);12,14H,3-11H2,1-2H3,(H,18,20)(H,21,22)(H,23,24);12H,3-10H2,1-2H3,(H2,15,19)(H,16,18);5-8,14H,3-4,9H2,1-2H3,(H,13,15)/t21-;12-,14+;12-;/m110./s1. The number of hydrogen-bond donors (Lipinski definition) is 10. The van der Waals surface area contributed by atoms with Crippen molar-refractivity contribution in [2.24, 2.45) is 17.6 Å². The number of rotatable bonds is 58. The zero-order valence-electron chi connectivity index (χ0n) is 58.5. The van der Waals surface area contributed by atoms with Crippen LogP contribution in [0.4, 0.5) is 5.69 Å². The number of ketones is 4. The number of carbonyl (C=O) groups is 13. The number of carbonyl (C=O) groups excluding carboxylic acids is 9. The van der Waals surface area contributed by atoms with Crippen molar-refractivity contribution in [2.75, 3.05) is 78.3 Å². The second-order valence-corrected chi connectivity index (χ2v) is 23.0. The lowest BCUT2D eigenvalue weighted by Crippen LogP contribution is -2.45. The van der Waals surface area contributed by atoms with Gasteiger partial charge >= 0.3 is 23.9 Å². The van der Waals surface area contributed by atoms with Crippen LogP contribution in [-0.4, -0.2) is 182 Å². The van der Waals surface area contributed by atoms with Crippen LogP contribution in [-0.2, 0) is 76.5 Å². The molecule has 11 N–H and O–H groups in total. The molecule has 5 amide bonds. The number of nitrogens with two attached hydrogens (primary N) is 1. The average molecular weight is 1370 g/mol. The maximum absolute atomic E-state index is 12.1. The van der Waals surface area contributed by atoms with Gasteiger partial charge in [0, 0.05) is 96.0 Å². The topological polar surface area (TPSA) is 426 Å². The Labute approximate surface area is 568 Å². The first kappa shape index (κ1) is 93.0. The molecular formula is C69H118N6O21. The van der Waals surface area contributed by atoms with Gasteiger partial charge in [-0.3, -0.25) is 52.7 Å². The molecule has 0 aliphatic heterocycles. The second-order valence-electron chi connectivity index (χ2n) is 23.0. The lowest BCUT2D eigenvalue weighted by atomic mass is 9.94. The van der Waals surface area contributed by atoms with Gasteiger partial charge in [-0.15, -0.1) is 0 Å². The van der Waals surface area contributed by atoms with Gasteiger partial charge in [-0.25, -0.2) is 9.59 Å². The van der Waals surface area contributed by atoms with Crippen LogP contribution in [0, 0.1) is 11.8 Å². The highest BCUT2D eigenvalue weighted by Gasteiger charge is 2.25. The van der Waals surface area contributed by atoms with Gasteiger partial charge in [0.15, 0.2) is 5.78 Å². The Morgan fingerprint density at radius 1 is 0.458 bits per heavy atom. The van der Waals surface area contributed by atoms with E-state index in [4.69, 9.17) is 34.9 Å². The molecule has 0 aliphatic rings. The van der Waals surface area contributed by atoms with Crippen LogP contribution in [0.1, 0.15) is 238 Å². The summed E-state index contributed by atoms with van der Waals surface area (Å²) >= 11 is 0. The van der Waals surface area contributed by atoms with Gasteiger partial charge in [0.05, 0.1) is 38.3 Å². The van der Waals surface area contributed by atoms with Gasteiger partial charge in [0.25, 0.3) is 5.91 Å². The van der Waals surface area contributed by atoms with E-state index in [-0.39, 0.29) is 113 Å². The Kier molecular flexibility index (Phi) is 61.8. The minimum Gasteiger partial charge on any atom is -0.481 e. The molecule has 1 aromatic carbocycles. The number of ether oxygens (including phenoxy) is 4. The minimum absolute atomic E-state index is 0.0106. The van der Waals surface area contributed by atoms with Crippen LogP contribution in [0.2, 0.25) is 0 Å². The van der Waals surface area contributed by atoms with Gasteiger partial charge < -0.3 is 71.7 Å². The van der Waals surface area contributed by atoms with E-state index in [0.717, 1.165) is 70.0 Å². The number of primary amides is 1. The number of nitrogens with one attached hydrogen (secondary N) is 5. The van der Waals surface area contributed by atoms with E-state index in [0.29, 0.717) is 77.1 Å². The third-order valence-corrected chi connectivity index (χ3v) is 14.6. The van der Waals surface area contributed by atoms with Gasteiger partial charge in [0.2, 0.25) is 29.4 Å². The molecule has 550 valence electrons. The molecule has 96 heavy (non-hydrogen) atoms. The summed E-state index contributed by atoms with van der Waals surface area (Å²) in [5.74, 6) is -9.03. The molecule has 0 fully saturated rings. The lowest BCUT2D eigenvalue weighted by Gasteiger charge is -2.14. The van der Waals surface area contributed by atoms with E-state index >= 15 is 0 Å². The molecule has 0 saturated carbocycles. The van der Waals surface area contributed by atoms with Crippen LogP contribution < -0.4 is 32.3 Å². The highest BCUT2D eigenvalue weighted by molar-refractivity contribution is 6.32.